The van der Waals surface area contributed by atoms with E-state index in [9.17, 15) is 9.90 Å². The Balaban J connectivity index is 2.21. The van der Waals surface area contributed by atoms with Crippen LogP contribution in [0.3, 0.4) is 0 Å². The largest absolute Gasteiger partial charge is 0.481 e. The lowest BCUT2D eigenvalue weighted by Gasteiger charge is -2.16. The van der Waals surface area contributed by atoms with Crippen LogP contribution in [0.2, 0.25) is 11.3 Å². The minimum atomic E-state index is -1.34. The van der Waals surface area contributed by atoms with Gasteiger partial charge in [-0.15, -0.1) is 0 Å². The molecule has 0 aromatic heterocycles. The molecule has 0 spiro atoms. The molecule has 0 aliphatic heterocycles. The average Bonchev–Trinajstić information content (AvgIpc) is 2.74. The summed E-state index contributed by atoms with van der Waals surface area (Å²) in [5.41, 5.74) is 8.21. The molecule has 114 valence electrons. The van der Waals surface area contributed by atoms with Crippen LogP contribution in [0, 0.1) is 5.92 Å². The number of rotatable bonds is 6. The minimum absolute atomic E-state index is 0.0414. The first-order valence-corrected chi connectivity index (χ1v) is 7.42. The molecule has 0 amide bonds. The van der Waals surface area contributed by atoms with Crippen molar-refractivity contribution in [3.8, 4) is 0 Å². The van der Waals surface area contributed by atoms with Gasteiger partial charge in [-0.1, -0.05) is 24.1 Å². The van der Waals surface area contributed by atoms with Crippen molar-refractivity contribution in [3.63, 3.8) is 0 Å². The molecule has 0 radical (unpaired) electrons. The molecule has 1 aromatic carbocycles. The van der Waals surface area contributed by atoms with Crippen molar-refractivity contribution >= 4 is 24.7 Å². The maximum atomic E-state index is 11.6. The average molecular weight is 312 g/mol. The van der Waals surface area contributed by atoms with Gasteiger partial charge in [-0.25, -0.2) is 0 Å². The van der Waals surface area contributed by atoms with Gasteiger partial charge in [0.25, 0.3) is 0 Å². The van der Waals surface area contributed by atoms with Gasteiger partial charge in [-0.3, -0.25) is 4.79 Å². The zero-order chi connectivity index (χ0) is 15.6. The predicted octanol–water partition coefficient (Wildman–Crippen LogP) is 1.39. The van der Waals surface area contributed by atoms with Crippen molar-refractivity contribution < 1.29 is 19.9 Å². The standard InChI is InChI=1S/C14H19BClNO4/c16-12-6-11-9(5-10(12)7-17)4-8(13(11)14(18)19)2-1-3-15(20)21/h5-6,8,13,20-21H,1-4,7,17H2,(H,18,19)/t8-,13-/m0/s1. The van der Waals surface area contributed by atoms with Crippen LogP contribution in [0.25, 0.3) is 0 Å². The number of fused-ring (bicyclic) bond motifs is 1. The second-order valence-corrected chi connectivity index (χ2v) is 5.95. The van der Waals surface area contributed by atoms with Crippen LogP contribution in [0.4, 0.5) is 0 Å². The van der Waals surface area contributed by atoms with Gasteiger partial charge in [0.1, 0.15) is 0 Å². The first-order chi connectivity index (χ1) is 9.93. The van der Waals surface area contributed by atoms with Gasteiger partial charge in [0.2, 0.25) is 0 Å². The Hall–Kier alpha value is -1.08. The Morgan fingerprint density at radius 2 is 2.14 bits per heavy atom. The van der Waals surface area contributed by atoms with Crippen LogP contribution >= 0.6 is 11.6 Å². The third-order valence-corrected chi connectivity index (χ3v) is 4.47. The molecule has 5 nitrogen and oxygen atoms in total. The molecule has 2 rings (SSSR count). The molecule has 1 aliphatic rings. The van der Waals surface area contributed by atoms with Crippen molar-refractivity contribution in [2.75, 3.05) is 0 Å². The summed E-state index contributed by atoms with van der Waals surface area (Å²) < 4.78 is 0. The zero-order valence-electron chi connectivity index (χ0n) is 11.6. The van der Waals surface area contributed by atoms with Crippen LogP contribution in [0.15, 0.2) is 12.1 Å². The Labute approximate surface area is 128 Å². The molecule has 21 heavy (non-hydrogen) atoms. The first-order valence-electron chi connectivity index (χ1n) is 7.04. The third-order valence-electron chi connectivity index (χ3n) is 4.12. The van der Waals surface area contributed by atoms with Crippen molar-refractivity contribution in [2.45, 2.75) is 38.0 Å². The van der Waals surface area contributed by atoms with E-state index < -0.39 is 19.0 Å². The second-order valence-electron chi connectivity index (χ2n) is 5.54. The van der Waals surface area contributed by atoms with E-state index in [0.717, 1.165) is 16.7 Å². The predicted molar refractivity (Wildman–Crippen MR) is 81.1 cm³/mol. The summed E-state index contributed by atoms with van der Waals surface area (Å²) in [4.78, 5) is 11.6. The van der Waals surface area contributed by atoms with Crippen LogP contribution in [-0.2, 0) is 17.8 Å². The highest BCUT2D eigenvalue weighted by Crippen LogP contribution is 2.42. The maximum absolute atomic E-state index is 11.6. The van der Waals surface area contributed by atoms with Crippen LogP contribution < -0.4 is 5.73 Å². The maximum Gasteiger partial charge on any atom is 0.451 e. The molecule has 0 saturated carbocycles. The highest BCUT2D eigenvalue weighted by molar-refractivity contribution is 6.40. The Kier molecular flexibility index (Phi) is 5.27. The number of carboxylic acid groups (broad SMARTS) is 1. The number of carbonyl (C=O) groups is 1. The van der Waals surface area contributed by atoms with Gasteiger partial charge < -0.3 is 20.9 Å². The topological polar surface area (TPSA) is 104 Å². The molecular formula is C14H19BClNO4. The first kappa shape index (κ1) is 16.3. The van der Waals surface area contributed by atoms with E-state index in [4.69, 9.17) is 27.4 Å². The fraction of sp³-hybridized carbons (Fsp3) is 0.500. The van der Waals surface area contributed by atoms with Crippen LogP contribution in [0.1, 0.15) is 35.4 Å². The fourth-order valence-corrected chi connectivity index (χ4v) is 3.38. The molecule has 5 N–H and O–H groups in total. The van der Waals surface area contributed by atoms with Gasteiger partial charge in [0, 0.05) is 11.6 Å². The molecule has 1 aliphatic carbocycles. The molecule has 0 unspecified atom stereocenters. The summed E-state index contributed by atoms with van der Waals surface area (Å²) in [6, 6.07) is 3.62. The lowest BCUT2D eigenvalue weighted by Crippen LogP contribution is -2.18. The molecular weight excluding hydrogens is 292 g/mol. The van der Waals surface area contributed by atoms with E-state index in [1.807, 2.05) is 6.07 Å². The Morgan fingerprint density at radius 1 is 1.43 bits per heavy atom. The molecule has 0 fully saturated rings. The summed E-state index contributed by atoms with van der Waals surface area (Å²) in [5.74, 6) is -1.49. The molecule has 2 atom stereocenters. The number of halogens is 1. The summed E-state index contributed by atoms with van der Waals surface area (Å²) in [5, 5.41) is 27.8. The summed E-state index contributed by atoms with van der Waals surface area (Å²) >= 11 is 6.13. The summed E-state index contributed by atoms with van der Waals surface area (Å²) in [6.45, 7) is 0.325. The van der Waals surface area contributed by atoms with E-state index in [2.05, 4.69) is 0 Å². The van der Waals surface area contributed by atoms with Crippen molar-refractivity contribution in [3.05, 3.63) is 33.8 Å². The Bertz CT molecular complexity index is 538. The monoisotopic (exact) mass is 311 g/mol. The number of hydrogen-bond acceptors (Lipinski definition) is 4. The van der Waals surface area contributed by atoms with E-state index in [1.165, 1.54) is 0 Å². The molecule has 7 heteroatoms. The smallest absolute Gasteiger partial charge is 0.451 e. The second kappa shape index (κ2) is 6.79. The lowest BCUT2D eigenvalue weighted by molar-refractivity contribution is -0.139. The highest BCUT2D eigenvalue weighted by Gasteiger charge is 2.37. The zero-order valence-corrected chi connectivity index (χ0v) is 12.4. The Morgan fingerprint density at radius 3 is 2.71 bits per heavy atom. The third kappa shape index (κ3) is 3.58. The number of benzene rings is 1. The van der Waals surface area contributed by atoms with Gasteiger partial charge in [0.05, 0.1) is 5.92 Å². The number of nitrogens with two attached hydrogens (primary N) is 1. The summed E-state index contributed by atoms with van der Waals surface area (Å²) in [7, 11) is -1.34. The number of aliphatic carboxylic acids is 1. The quantitative estimate of drug-likeness (QED) is 0.594. The van der Waals surface area contributed by atoms with E-state index in [1.54, 1.807) is 6.07 Å². The van der Waals surface area contributed by atoms with E-state index in [0.29, 0.717) is 30.8 Å². The van der Waals surface area contributed by atoms with Crippen molar-refractivity contribution in [1.29, 1.82) is 0 Å². The van der Waals surface area contributed by atoms with Gasteiger partial charge in [0.15, 0.2) is 0 Å². The fourth-order valence-electron chi connectivity index (χ4n) is 3.13. The minimum Gasteiger partial charge on any atom is -0.481 e. The van der Waals surface area contributed by atoms with Crippen LogP contribution in [0.5, 0.6) is 0 Å². The van der Waals surface area contributed by atoms with Crippen molar-refractivity contribution in [1.82, 2.24) is 0 Å². The number of carboxylic acids is 1. The highest BCUT2D eigenvalue weighted by atomic mass is 35.5. The summed E-state index contributed by atoms with van der Waals surface area (Å²) in [6.07, 6.45) is 2.14. The normalized spacial score (nSPS) is 20.4. The SMILES string of the molecule is NCc1cc2c(cc1Cl)[C@@H](C(=O)O)[C@@H](CCCB(O)O)C2. The molecule has 0 bridgehead atoms. The van der Waals surface area contributed by atoms with Gasteiger partial charge >= 0.3 is 13.1 Å². The van der Waals surface area contributed by atoms with E-state index >= 15 is 0 Å². The van der Waals surface area contributed by atoms with E-state index in [-0.39, 0.29) is 12.2 Å². The number of hydrogen-bond donors (Lipinski definition) is 4. The van der Waals surface area contributed by atoms with Crippen LogP contribution in [-0.4, -0.2) is 28.2 Å². The molecule has 0 heterocycles. The van der Waals surface area contributed by atoms with Crippen molar-refractivity contribution in [2.24, 2.45) is 11.7 Å². The molecule has 1 aromatic rings. The molecule has 0 saturated heterocycles. The van der Waals surface area contributed by atoms with Gasteiger partial charge in [-0.05, 0) is 47.8 Å². The van der Waals surface area contributed by atoms with Gasteiger partial charge in [-0.2, -0.15) is 0 Å². The lowest BCUT2D eigenvalue weighted by atomic mass is 9.80.